The normalized spacial score (nSPS) is 16.9. The van der Waals surface area contributed by atoms with Gasteiger partial charge >= 0.3 is 0 Å². The Morgan fingerprint density at radius 1 is 0.290 bits per heavy atom. The van der Waals surface area contributed by atoms with Gasteiger partial charge in [0.2, 0.25) is 0 Å². The highest BCUT2D eigenvalue weighted by atomic mass is 14.6. The highest BCUT2D eigenvalue weighted by Crippen LogP contribution is 2.59. The van der Waals surface area contributed by atoms with Crippen molar-refractivity contribution < 1.29 is 0 Å². The Morgan fingerprint density at radius 2 is 0.629 bits per heavy atom. The quantitative estimate of drug-likeness (QED) is 0.159. The maximum absolute atomic E-state index is 4.81. The molecule has 4 aliphatic carbocycles. The summed E-state index contributed by atoms with van der Waals surface area (Å²) >= 11 is 0. The molecule has 0 spiro atoms. The van der Waals surface area contributed by atoms with Crippen LogP contribution in [0, 0.1) is 0 Å². The van der Waals surface area contributed by atoms with E-state index in [1.54, 1.807) is 0 Å². The molecule has 4 aliphatic rings. The average Bonchev–Trinajstić information content (AvgIpc) is 3.83. The Labute approximate surface area is 365 Å². The summed E-state index contributed by atoms with van der Waals surface area (Å²) in [7, 11) is 0. The van der Waals surface area contributed by atoms with Gasteiger partial charge in [0.1, 0.15) is 0 Å². The molecule has 0 saturated heterocycles. The third-order valence-electron chi connectivity index (χ3n) is 16.2. The van der Waals surface area contributed by atoms with Crippen LogP contribution in [0.5, 0.6) is 0 Å². The lowest BCUT2D eigenvalue weighted by Gasteiger charge is -2.25. The highest BCUT2D eigenvalue weighted by Gasteiger charge is 2.43. The van der Waals surface area contributed by atoms with Gasteiger partial charge < -0.3 is 0 Å². The number of aromatic nitrogens is 1. The number of hydrogen-bond acceptors (Lipinski definition) is 1. The standard InChI is InChI=1S/C61H49N/c1-58(2)48-19-13-11-15-36(48)43-29-54-45(31-52(43)58)38-23-21-34(27-50(38)60(54,5)6)56-40-17-9-10-18-41(40)57(47-33-62-26-25-42(47)56)35-22-24-39-46-32-53-44(30-55(46)61(7,8)51(39)28-35)37-16-12-14-20-49(37)59(53,3)4/h9-33H,1-8H3. The van der Waals surface area contributed by atoms with Crippen molar-refractivity contribution in [3.8, 4) is 66.8 Å². The largest absolute Gasteiger partial charge is 0.264 e. The molecule has 0 saturated carbocycles. The van der Waals surface area contributed by atoms with Crippen molar-refractivity contribution in [3.63, 3.8) is 0 Å². The first-order valence-electron chi connectivity index (χ1n) is 22.4. The lowest BCUT2D eigenvalue weighted by atomic mass is 9.78. The van der Waals surface area contributed by atoms with E-state index in [4.69, 9.17) is 4.98 Å². The Morgan fingerprint density at radius 3 is 1.08 bits per heavy atom. The maximum Gasteiger partial charge on any atom is 0.0353 e. The minimum atomic E-state index is -0.157. The van der Waals surface area contributed by atoms with Crippen LogP contribution in [0.1, 0.15) is 99.9 Å². The van der Waals surface area contributed by atoms with E-state index in [0.29, 0.717) is 0 Å². The van der Waals surface area contributed by atoms with Crippen molar-refractivity contribution in [1.29, 1.82) is 0 Å². The van der Waals surface area contributed by atoms with Crippen LogP contribution < -0.4 is 0 Å². The summed E-state index contributed by atoms with van der Waals surface area (Å²) in [5, 5.41) is 4.95. The third-order valence-corrected chi connectivity index (χ3v) is 16.2. The Kier molecular flexibility index (Phi) is 6.79. The molecule has 9 aromatic rings. The van der Waals surface area contributed by atoms with E-state index >= 15 is 0 Å². The number of benzene rings is 8. The molecule has 0 aliphatic heterocycles. The molecule has 0 bridgehead atoms. The topological polar surface area (TPSA) is 12.9 Å². The Balaban J connectivity index is 0.968. The zero-order valence-electron chi connectivity index (χ0n) is 36.9. The second kappa shape index (κ2) is 11.7. The molecular formula is C61H49N. The molecule has 0 atom stereocenters. The van der Waals surface area contributed by atoms with Crippen LogP contribution in [-0.4, -0.2) is 4.98 Å². The fourth-order valence-electron chi connectivity index (χ4n) is 12.8. The summed E-state index contributed by atoms with van der Waals surface area (Å²) in [6, 6.07) is 54.0. The predicted molar refractivity (Wildman–Crippen MR) is 260 cm³/mol. The summed E-state index contributed by atoms with van der Waals surface area (Å²) in [6.45, 7) is 19.2. The predicted octanol–water partition coefficient (Wildman–Crippen LogP) is 15.9. The van der Waals surface area contributed by atoms with Crippen LogP contribution in [0.2, 0.25) is 0 Å². The van der Waals surface area contributed by atoms with Crippen molar-refractivity contribution in [2.24, 2.45) is 0 Å². The minimum absolute atomic E-state index is 0.0376. The van der Waals surface area contributed by atoms with Crippen molar-refractivity contribution >= 4 is 21.5 Å². The Hall–Kier alpha value is -6.57. The van der Waals surface area contributed by atoms with E-state index in [2.05, 4.69) is 201 Å². The van der Waals surface area contributed by atoms with Crippen LogP contribution in [0.3, 0.4) is 0 Å². The van der Waals surface area contributed by atoms with Crippen molar-refractivity contribution in [3.05, 3.63) is 196 Å². The summed E-state index contributed by atoms with van der Waals surface area (Å²) in [4.78, 5) is 4.81. The average molecular weight is 796 g/mol. The molecule has 0 unspecified atom stereocenters. The molecule has 298 valence electrons. The molecule has 0 radical (unpaired) electrons. The van der Waals surface area contributed by atoms with E-state index in [1.807, 2.05) is 6.20 Å². The molecule has 8 aromatic carbocycles. The van der Waals surface area contributed by atoms with E-state index in [-0.39, 0.29) is 21.7 Å². The molecule has 1 nitrogen and oxygen atoms in total. The zero-order valence-corrected chi connectivity index (χ0v) is 36.9. The summed E-state index contributed by atoms with van der Waals surface area (Å²) in [5.41, 5.74) is 27.0. The van der Waals surface area contributed by atoms with Gasteiger partial charge in [-0.25, -0.2) is 0 Å². The smallest absolute Gasteiger partial charge is 0.0353 e. The van der Waals surface area contributed by atoms with E-state index in [1.165, 1.54) is 133 Å². The molecule has 62 heavy (non-hydrogen) atoms. The van der Waals surface area contributed by atoms with E-state index in [0.717, 1.165) is 0 Å². The van der Waals surface area contributed by atoms with Crippen molar-refractivity contribution in [2.75, 3.05) is 0 Å². The van der Waals surface area contributed by atoms with Gasteiger partial charge in [-0.05, 0) is 170 Å². The first kappa shape index (κ1) is 36.1. The second-order valence-electron chi connectivity index (χ2n) is 20.7. The number of pyridine rings is 1. The molecule has 1 aromatic heterocycles. The van der Waals surface area contributed by atoms with Crippen LogP contribution in [0.15, 0.2) is 152 Å². The number of hydrogen-bond donors (Lipinski definition) is 0. The monoisotopic (exact) mass is 795 g/mol. The third kappa shape index (κ3) is 4.37. The van der Waals surface area contributed by atoms with Crippen molar-refractivity contribution in [2.45, 2.75) is 77.0 Å². The van der Waals surface area contributed by atoms with Crippen LogP contribution in [-0.2, 0) is 21.7 Å². The number of rotatable bonds is 2. The first-order valence-corrected chi connectivity index (χ1v) is 22.4. The zero-order chi connectivity index (χ0) is 42.2. The van der Waals surface area contributed by atoms with Crippen molar-refractivity contribution in [1.82, 2.24) is 4.98 Å². The molecular weight excluding hydrogens is 747 g/mol. The van der Waals surface area contributed by atoms with Gasteiger partial charge in [-0.3, -0.25) is 4.98 Å². The molecule has 0 amide bonds. The van der Waals surface area contributed by atoms with Gasteiger partial charge in [-0.1, -0.05) is 152 Å². The van der Waals surface area contributed by atoms with Crippen LogP contribution in [0.25, 0.3) is 88.3 Å². The van der Waals surface area contributed by atoms with Gasteiger partial charge in [-0.2, -0.15) is 0 Å². The summed E-state index contributed by atoms with van der Waals surface area (Å²) < 4.78 is 0. The fourth-order valence-corrected chi connectivity index (χ4v) is 12.8. The Bertz CT molecular complexity index is 3230. The number of nitrogens with zero attached hydrogens (tertiary/aromatic N) is 1. The fraction of sp³-hybridized carbons (Fsp3) is 0.197. The van der Waals surface area contributed by atoms with E-state index < -0.39 is 0 Å². The number of fused-ring (bicyclic) bond motifs is 14. The van der Waals surface area contributed by atoms with Gasteiger partial charge in [0, 0.05) is 39.4 Å². The highest BCUT2D eigenvalue weighted by molar-refractivity contribution is 6.21. The molecule has 13 rings (SSSR count). The van der Waals surface area contributed by atoms with E-state index in [9.17, 15) is 0 Å². The lowest BCUT2D eigenvalue weighted by molar-refractivity contribution is 0.652. The molecule has 1 heterocycles. The lowest BCUT2D eigenvalue weighted by Crippen LogP contribution is -2.17. The molecule has 0 fully saturated rings. The van der Waals surface area contributed by atoms with Gasteiger partial charge in [0.25, 0.3) is 0 Å². The molecule has 1 heteroatoms. The van der Waals surface area contributed by atoms with Gasteiger partial charge in [0.05, 0.1) is 0 Å². The van der Waals surface area contributed by atoms with Crippen LogP contribution >= 0.6 is 0 Å². The van der Waals surface area contributed by atoms with Gasteiger partial charge in [0.15, 0.2) is 0 Å². The van der Waals surface area contributed by atoms with Crippen LogP contribution in [0.4, 0.5) is 0 Å². The first-order chi connectivity index (χ1) is 29.8. The molecule has 0 N–H and O–H groups in total. The second-order valence-corrected chi connectivity index (χ2v) is 20.7. The maximum atomic E-state index is 4.81. The summed E-state index contributed by atoms with van der Waals surface area (Å²) in [5.74, 6) is 0. The SMILES string of the molecule is CC1(C)c2ccccc2-c2cc3c(cc21)-c1ccc(-c2c4ccccc4c(-c4ccc5c(c4)C(C)(C)c4cc6c(cc4-5)C(C)(C)c4ccccc4-6)c4cnccc24)cc1C3(C)C. The minimum Gasteiger partial charge on any atom is -0.264 e. The summed E-state index contributed by atoms with van der Waals surface area (Å²) in [6.07, 6.45) is 4.08. The van der Waals surface area contributed by atoms with Gasteiger partial charge in [-0.15, -0.1) is 0 Å².